The molecule has 1 aromatic rings. The molecule has 0 aromatic heterocycles. The summed E-state index contributed by atoms with van der Waals surface area (Å²) < 4.78 is 11.1. The Hall–Kier alpha value is 0.540. The summed E-state index contributed by atoms with van der Waals surface area (Å²) in [6.45, 7) is 5.93. The summed E-state index contributed by atoms with van der Waals surface area (Å²) in [4.78, 5) is 9.83. The van der Waals surface area contributed by atoms with Crippen LogP contribution in [-0.4, -0.2) is 24.3 Å². The molecule has 0 spiro atoms. The first kappa shape index (κ1) is 23.5. The van der Waals surface area contributed by atoms with Gasteiger partial charge in [-0.15, -0.1) is 11.8 Å². The number of carbonyl (C=O) groups is 1. The zero-order valence-corrected chi connectivity index (χ0v) is 17.8. The average Bonchev–Trinajstić information content (AvgIpc) is 2.42. The van der Waals surface area contributed by atoms with Crippen LogP contribution in [0.5, 0.6) is 0 Å². The number of thioether (sulfide) groups is 1. The molecule has 0 saturated carbocycles. The van der Waals surface area contributed by atoms with Crippen molar-refractivity contribution in [2.45, 2.75) is 25.7 Å². The first-order chi connectivity index (χ1) is 10.7. The zero-order valence-electron chi connectivity index (χ0n) is 12.9. The van der Waals surface area contributed by atoms with Crippen LogP contribution in [0.4, 0.5) is 0 Å². The molecule has 0 aliphatic rings. The highest BCUT2D eigenvalue weighted by Crippen LogP contribution is 2.62. The van der Waals surface area contributed by atoms with Crippen LogP contribution in [0.2, 0.25) is 10.0 Å². The van der Waals surface area contributed by atoms with E-state index in [1.165, 1.54) is 11.4 Å². The fourth-order valence-electron chi connectivity index (χ4n) is 1.17. The Bertz CT molecular complexity index is 532. The molecule has 10 heteroatoms. The van der Waals surface area contributed by atoms with Crippen LogP contribution < -0.4 is 5.11 Å². The third-order valence-corrected chi connectivity index (χ3v) is 9.69. The van der Waals surface area contributed by atoms with Gasteiger partial charge in [0.1, 0.15) is 0 Å². The third-order valence-electron chi connectivity index (χ3n) is 1.89. The summed E-state index contributed by atoms with van der Waals surface area (Å²) in [6.07, 6.45) is 0. The van der Waals surface area contributed by atoms with Crippen LogP contribution >= 0.6 is 52.0 Å². The van der Waals surface area contributed by atoms with Crippen molar-refractivity contribution in [2.24, 2.45) is 0 Å². The predicted octanol–water partition coefficient (Wildman–Crippen LogP) is 4.83. The minimum Gasteiger partial charge on any atom is -0.550 e. The van der Waals surface area contributed by atoms with Crippen molar-refractivity contribution < 1.29 is 18.9 Å². The average molecular weight is 436 g/mol. The van der Waals surface area contributed by atoms with Crippen molar-refractivity contribution in [3.8, 4) is 0 Å². The quantitative estimate of drug-likeness (QED) is 0.329. The number of carbonyl (C=O) groups excluding carboxylic acids is 1. The zero-order chi connectivity index (χ0) is 17.9. The van der Waals surface area contributed by atoms with Crippen molar-refractivity contribution in [1.29, 1.82) is 0 Å². The lowest BCUT2D eigenvalue weighted by molar-refractivity contribution is -0.302. The smallest absolute Gasteiger partial charge is 0.248 e. The van der Waals surface area contributed by atoms with Gasteiger partial charge in [0.2, 0.25) is 5.69 Å². The second kappa shape index (κ2) is 12.8. The number of rotatable bonds is 8. The molecule has 0 aliphatic carbocycles. The molecule has 0 saturated heterocycles. The fraction of sp³-hybridized carbons (Fsp3) is 0.462. The summed E-state index contributed by atoms with van der Waals surface area (Å²) in [6, 6.07) is 5.41. The summed E-state index contributed by atoms with van der Waals surface area (Å²) >= 11 is 20.6. The van der Waals surface area contributed by atoms with Crippen molar-refractivity contribution in [3.63, 3.8) is 0 Å². The number of carboxylic acid groups (broad SMARTS) is 1. The van der Waals surface area contributed by atoms with Crippen LogP contribution in [0.3, 0.4) is 0 Å². The van der Waals surface area contributed by atoms with Crippen LogP contribution in [-0.2, 0) is 25.6 Å². The van der Waals surface area contributed by atoms with Gasteiger partial charge in [-0.25, -0.2) is 0 Å². The molecular weight excluding hydrogens is 418 g/mol. The Morgan fingerprint density at radius 2 is 1.83 bits per heavy atom. The van der Waals surface area contributed by atoms with E-state index in [0.717, 1.165) is 16.9 Å². The largest absolute Gasteiger partial charge is 0.550 e. The molecule has 1 rings (SSSR count). The highest BCUT2D eigenvalue weighted by molar-refractivity contribution is 8.69. The Morgan fingerprint density at radius 3 is 2.30 bits per heavy atom. The van der Waals surface area contributed by atoms with Gasteiger partial charge in [-0.05, 0) is 50.8 Å². The van der Waals surface area contributed by atoms with E-state index in [2.05, 4.69) is 0 Å². The lowest BCUT2D eigenvalue weighted by Gasteiger charge is -2.19. The molecule has 0 bridgehead atoms. The summed E-state index contributed by atoms with van der Waals surface area (Å²) in [7, 11) is 0. The van der Waals surface area contributed by atoms with Gasteiger partial charge in [0.25, 0.3) is 0 Å². The van der Waals surface area contributed by atoms with E-state index in [1.54, 1.807) is 23.9 Å². The fourth-order valence-corrected chi connectivity index (χ4v) is 8.71. The molecule has 0 atom stereocenters. The van der Waals surface area contributed by atoms with Crippen molar-refractivity contribution in [3.05, 3.63) is 28.2 Å². The first-order valence-corrected chi connectivity index (χ1v) is 12.5. The molecule has 23 heavy (non-hydrogen) atoms. The standard InChI is InChI=1S/C11H15Cl2O2PS3.C2H4O2/c1-3-14-16(17,15-4-2)19-8-18-11-7-9(12)5-6-10(11)13;1-2(3)4/h5-7H,3-4,8H2,1-2H3;1H3,(H,3,4)/p-1. The van der Waals surface area contributed by atoms with Crippen LogP contribution in [0, 0.1) is 0 Å². The molecular formula is C13H18Cl2O4PS3-. The van der Waals surface area contributed by atoms with Gasteiger partial charge in [-0.1, -0.05) is 34.6 Å². The lowest BCUT2D eigenvalue weighted by atomic mass is 10.4. The number of halogens is 2. The van der Waals surface area contributed by atoms with E-state index < -0.39 is 11.7 Å². The van der Waals surface area contributed by atoms with Gasteiger partial charge >= 0.3 is 0 Å². The van der Waals surface area contributed by atoms with Crippen molar-refractivity contribution >= 4 is 69.8 Å². The highest BCUT2D eigenvalue weighted by atomic mass is 35.5. The van der Waals surface area contributed by atoms with E-state index in [-0.39, 0.29) is 0 Å². The molecule has 0 amide bonds. The predicted molar refractivity (Wildman–Crippen MR) is 103 cm³/mol. The Kier molecular flexibility index (Phi) is 13.1. The van der Waals surface area contributed by atoms with Crippen LogP contribution in [0.25, 0.3) is 0 Å². The van der Waals surface area contributed by atoms with E-state index in [1.807, 2.05) is 19.9 Å². The molecule has 0 heterocycles. The van der Waals surface area contributed by atoms with Gasteiger partial charge in [0, 0.05) is 15.9 Å². The van der Waals surface area contributed by atoms with E-state index in [9.17, 15) is 0 Å². The maximum absolute atomic E-state index is 8.89. The number of hydrogen-bond acceptors (Lipinski definition) is 7. The summed E-state index contributed by atoms with van der Waals surface area (Å²) in [5.74, 6) is -1.08. The Morgan fingerprint density at radius 1 is 1.30 bits per heavy atom. The maximum atomic E-state index is 8.89. The van der Waals surface area contributed by atoms with Crippen molar-refractivity contribution in [1.82, 2.24) is 0 Å². The van der Waals surface area contributed by atoms with Gasteiger partial charge in [-0.2, -0.15) is 0 Å². The topological polar surface area (TPSA) is 58.6 Å². The monoisotopic (exact) mass is 435 g/mol. The van der Waals surface area contributed by atoms with Gasteiger partial charge in [0.05, 0.1) is 23.3 Å². The molecule has 0 N–H and O–H groups in total. The van der Waals surface area contributed by atoms with Gasteiger partial charge < -0.3 is 18.9 Å². The summed E-state index contributed by atoms with van der Waals surface area (Å²) in [5.41, 5.74) is -2.23. The molecule has 4 nitrogen and oxygen atoms in total. The van der Waals surface area contributed by atoms with E-state index in [0.29, 0.717) is 23.3 Å². The molecule has 0 unspecified atom stereocenters. The van der Waals surface area contributed by atoms with Crippen LogP contribution in [0.1, 0.15) is 20.8 Å². The minimum absolute atomic E-state index is 0.562. The SMILES string of the molecule is CC(=O)[O-].CCOP(=S)(OCC)SCSc1cc(Cl)ccc1Cl. The van der Waals surface area contributed by atoms with Crippen molar-refractivity contribution in [2.75, 3.05) is 18.3 Å². The number of carboxylic acids is 1. The second-order valence-electron chi connectivity index (χ2n) is 3.74. The highest BCUT2D eigenvalue weighted by Gasteiger charge is 2.18. The third kappa shape index (κ3) is 11.7. The number of benzene rings is 1. The van der Waals surface area contributed by atoms with Crippen LogP contribution in [0.15, 0.2) is 23.1 Å². The van der Waals surface area contributed by atoms with Gasteiger partial charge in [-0.3, -0.25) is 0 Å². The second-order valence-corrected chi connectivity index (χ2v) is 12.3. The lowest BCUT2D eigenvalue weighted by Crippen LogP contribution is -2.16. The number of hydrogen-bond donors (Lipinski definition) is 0. The molecule has 0 radical (unpaired) electrons. The molecule has 1 aromatic carbocycles. The minimum atomic E-state index is -2.23. The van der Waals surface area contributed by atoms with E-state index >= 15 is 0 Å². The Labute approximate surface area is 160 Å². The molecule has 132 valence electrons. The normalized spacial score (nSPS) is 10.8. The molecule has 0 aliphatic heterocycles. The maximum Gasteiger partial charge on any atom is 0.248 e. The van der Waals surface area contributed by atoms with Gasteiger partial charge in [0.15, 0.2) is 0 Å². The Balaban J connectivity index is 0.00000108. The summed E-state index contributed by atoms with van der Waals surface area (Å²) in [5, 5.41) is 11.0. The van der Waals surface area contributed by atoms with E-state index in [4.69, 9.17) is 54.0 Å². The molecule has 0 fully saturated rings. The number of aliphatic carboxylic acids is 1. The first-order valence-electron chi connectivity index (χ1n) is 6.53.